The number of benzene rings is 1. The molecule has 1 aromatic heterocycles. The van der Waals surface area contributed by atoms with Crippen molar-refractivity contribution in [1.29, 1.82) is 0 Å². The quantitative estimate of drug-likeness (QED) is 0.745. The molecule has 3 nitrogen and oxygen atoms in total. The van der Waals surface area contributed by atoms with Crippen molar-refractivity contribution >= 4 is 32.8 Å². The van der Waals surface area contributed by atoms with Gasteiger partial charge in [-0.1, -0.05) is 18.2 Å². The summed E-state index contributed by atoms with van der Waals surface area (Å²) in [4.78, 5) is 15.5. The zero-order chi connectivity index (χ0) is 10.8. The first-order valence-corrected chi connectivity index (χ1v) is 5.15. The van der Waals surface area contributed by atoms with Gasteiger partial charge in [-0.25, -0.2) is 9.78 Å². The van der Waals surface area contributed by atoms with Crippen molar-refractivity contribution in [2.75, 3.05) is 7.11 Å². The van der Waals surface area contributed by atoms with Gasteiger partial charge in [-0.05, 0) is 28.1 Å². The van der Waals surface area contributed by atoms with Gasteiger partial charge in [0.05, 0.1) is 12.6 Å². The summed E-state index contributed by atoms with van der Waals surface area (Å²) in [6, 6.07) is 9.25. The third-order valence-corrected chi connectivity index (χ3v) is 2.71. The van der Waals surface area contributed by atoms with Crippen LogP contribution in [0.4, 0.5) is 0 Å². The van der Waals surface area contributed by atoms with E-state index in [1.54, 1.807) is 6.07 Å². The third-order valence-electron chi connectivity index (χ3n) is 2.07. The van der Waals surface area contributed by atoms with Crippen molar-refractivity contribution in [3.63, 3.8) is 0 Å². The molecule has 0 aliphatic rings. The molecule has 76 valence electrons. The maximum absolute atomic E-state index is 11.3. The van der Waals surface area contributed by atoms with Crippen molar-refractivity contribution in [3.05, 3.63) is 40.5 Å². The number of para-hydroxylation sites is 1. The second-order valence-electron chi connectivity index (χ2n) is 3.00. The van der Waals surface area contributed by atoms with Crippen LogP contribution < -0.4 is 0 Å². The van der Waals surface area contributed by atoms with Gasteiger partial charge in [-0.3, -0.25) is 0 Å². The fourth-order valence-electron chi connectivity index (χ4n) is 1.33. The summed E-state index contributed by atoms with van der Waals surface area (Å²) in [6.45, 7) is 0. The molecular formula is C11H8BrNO2. The molecule has 0 atom stereocenters. The number of halogens is 1. The lowest BCUT2D eigenvalue weighted by Crippen LogP contribution is -2.03. The van der Waals surface area contributed by atoms with Crippen LogP contribution in [0, 0.1) is 0 Å². The molecule has 2 aromatic rings. The minimum absolute atomic E-state index is 0.317. The fraction of sp³-hybridized carbons (Fsp3) is 0.0909. The first-order valence-electron chi connectivity index (χ1n) is 4.36. The molecule has 0 spiro atoms. The number of carbonyl (C=O) groups is 1. The largest absolute Gasteiger partial charge is 0.464 e. The monoisotopic (exact) mass is 265 g/mol. The lowest BCUT2D eigenvalue weighted by molar-refractivity contribution is 0.0594. The first kappa shape index (κ1) is 10.1. The van der Waals surface area contributed by atoms with Crippen molar-refractivity contribution in [3.8, 4) is 0 Å². The molecule has 15 heavy (non-hydrogen) atoms. The normalized spacial score (nSPS) is 10.3. The van der Waals surface area contributed by atoms with Crippen LogP contribution in [0.2, 0.25) is 0 Å². The summed E-state index contributed by atoms with van der Waals surface area (Å²) in [6.07, 6.45) is 0. The molecule has 0 amide bonds. The van der Waals surface area contributed by atoms with E-state index in [-0.39, 0.29) is 0 Å². The maximum atomic E-state index is 11.3. The Labute approximate surface area is 95.2 Å². The Kier molecular flexibility index (Phi) is 2.68. The van der Waals surface area contributed by atoms with Crippen LogP contribution in [-0.2, 0) is 4.74 Å². The Morgan fingerprint density at radius 3 is 2.87 bits per heavy atom. The topological polar surface area (TPSA) is 39.2 Å². The smallest absolute Gasteiger partial charge is 0.356 e. The predicted molar refractivity (Wildman–Crippen MR) is 60.8 cm³/mol. The molecular weight excluding hydrogens is 258 g/mol. The van der Waals surface area contributed by atoms with Gasteiger partial charge in [-0.2, -0.15) is 0 Å². The number of fused-ring (bicyclic) bond motifs is 1. The average molecular weight is 266 g/mol. The van der Waals surface area contributed by atoms with Gasteiger partial charge in [0.2, 0.25) is 0 Å². The van der Waals surface area contributed by atoms with Crippen LogP contribution in [0.15, 0.2) is 34.8 Å². The molecule has 0 N–H and O–H groups in total. The highest BCUT2D eigenvalue weighted by Crippen LogP contribution is 2.22. The summed E-state index contributed by atoms with van der Waals surface area (Å²) in [5.41, 5.74) is 1.08. The van der Waals surface area contributed by atoms with Crippen molar-refractivity contribution in [2.24, 2.45) is 0 Å². The molecule has 4 heteroatoms. The van der Waals surface area contributed by atoms with E-state index >= 15 is 0 Å². The van der Waals surface area contributed by atoms with Crippen LogP contribution in [0.25, 0.3) is 10.9 Å². The van der Waals surface area contributed by atoms with Gasteiger partial charge in [-0.15, -0.1) is 0 Å². The molecule has 2 rings (SSSR count). The minimum Gasteiger partial charge on any atom is -0.464 e. The number of hydrogen-bond acceptors (Lipinski definition) is 3. The van der Waals surface area contributed by atoms with Crippen LogP contribution in [0.3, 0.4) is 0 Å². The Hall–Kier alpha value is -1.42. The number of aromatic nitrogens is 1. The van der Waals surface area contributed by atoms with Gasteiger partial charge < -0.3 is 4.74 Å². The van der Waals surface area contributed by atoms with E-state index in [0.717, 1.165) is 15.4 Å². The number of ether oxygens (including phenoxy) is 1. The minimum atomic E-state index is -0.423. The van der Waals surface area contributed by atoms with E-state index in [1.807, 2.05) is 24.3 Å². The maximum Gasteiger partial charge on any atom is 0.356 e. The van der Waals surface area contributed by atoms with Gasteiger partial charge in [0, 0.05) is 9.86 Å². The van der Waals surface area contributed by atoms with Crippen LogP contribution >= 0.6 is 15.9 Å². The van der Waals surface area contributed by atoms with Crippen molar-refractivity contribution < 1.29 is 9.53 Å². The molecule has 0 fully saturated rings. The van der Waals surface area contributed by atoms with Crippen molar-refractivity contribution in [1.82, 2.24) is 4.98 Å². The van der Waals surface area contributed by atoms with Crippen LogP contribution in [0.1, 0.15) is 10.5 Å². The second kappa shape index (κ2) is 3.98. The molecule has 0 bridgehead atoms. The Morgan fingerprint density at radius 1 is 1.33 bits per heavy atom. The highest BCUT2D eigenvalue weighted by atomic mass is 79.9. The lowest BCUT2D eigenvalue weighted by atomic mass is 10.2. The van der Waals surface area contributed by atoms with E-state index in [4.69, 9.17) is 0 Å². The molecule has 0 radical (unpaired) electrons. The van der Waals surface area contributed by atoms with E-state index in [1.165, 1.54) is 7.11 Å². The summed E-state index contributed by atoms with van der Waals surface area (Å²) in [5.74, 6) is -0.423. The van der Waals surface area contributed by atoms with Gasteiger partial charge in [0.25, 0.3) is 0 Å². The summed E-state index contributed by atoms with van der Waals surface area (Å²) < 4.78 is 5.47. The van der Waals surface area contributed by atoms with Crippen molar-refractivity contribution in [2.45, 2.75) is 0 Å². The van der Waals surface area contributed by atoms with Crippen LogP contribution in [-0.4, -0.2) is 18.1 Å². The van der Waals surface area contributed by atoms with E-state index < -0.39 is 5.97 Å². The van der Waals surface area contributed by atoms with Gasteiger partial charge in [0.15, 0.2) is 0 Å². The number of hydrogen-bond donors (Lipinski definition) is 0. The fourth-order valence-corrected chi connectivity index (χ4v) is 1.80. The highest BCUT2D eigenvalue weighted by molar-refractivity contribution is 9.10. The second-order valence-corrected chi connectivity index (χ2v) is 3.85. The first-order chi connectivity index (χ1) is 7.22. The highest BCUT2D eigenvalue weighted by Gasteiger charge is 2.08. The molecule has 0 saturated carbocycles. The van der Waals surface area contributed by atoms with Gasteiger partial charge >= 0.3 is 5.97 Å². The van der Waals surface area contributed by atoms with Crippen LogP contribution in [0.5, 0.6) is 0 Å². The van der Waals surface area contributed by atoms with E-state index in [2.05, 4.69) is 25.7 Å². The zero-order valence-electron chi connectivity index (χ0n) is 8.03. The lowest BCUT2D eigenvalue weighted by Gasteiger charge is -2.02. The predicted octanol–water partition coefficient (Wildman–Crippen LogP) is 2.78. The number of nitrogens with zero attached hydrogens (tertiary/aromatic N) is 1. The number of rotatable bonds is 1. The molecule has 1 heterocycles. The van der Waals surface area contributed by atoms with E-state index in [0.29, 0.717) is 5.69 Å². The zero-order valence-corrected chi connectivity index (χ0v) is 9.61. The average Bonchev–Trinajstić information content (AvgIpc) is 2.28. The molecule has 0 aliphatic carbocycles. The molecule has 0 saturated heterocycles. The number of methoxy groups -OCH3 is 1. The Morgan fingerprint density at radius 2 is 2.13 bits per heavy atom. The molecule has 0 unspecified atom stereocenters. The number of pyridine rings is 1. The summed E-state index contributed by atoms with van der Waals surface area (Å²) in [7, 11) is 1.34. The molecule has 0 aliphatic heterocycles. The number of esters is 1. The van der Waals surface area contributed by atoms with Gasteiger partial charge in [0.1, 0.15) is 5.69 Å². The summed E-state index contributed by atoms with van der Waals surface area (Å²) in [5, 5.41) is 0.983. The Balaban J connectivity index is 2.64. The SMILES string of the molecule is COC(=O)c1ccc2cccc(Br)c2n1. The summed E-state index contributed by atoms with van der Waals surface area (Å²) >= 11 is 3.39. The Bertz CT molecular complexity index is 525. The van der Waals surface area contributed by atoms with E-state index in [9.17, 15) is 4.79 Å². The standard InChI is InChI=1S/C11H8BrNO2/c1-15-11(14)9-6-5-7-3-2-4-8(12)10(7)13-9/h2-6H,1H3. The third kappa shape index (κ3) is 1.85. The molecule has 1 aromatic carbocycles. The number of carbonyl (C=O) groups excluding carboxylic acids is 1.